The average molecular weight is 699 g/mol. The van der Waals surface area contributed by atoms with Crippen molar-refractivity contribution in [2.45, 2.75) is 154 Å². The van der Waals surface area contributed by atoms with Gasteiger partial charge in [0.2, 0.25) is 0 Å². The van der Waals surface area contributed by atoms with Gasteiger partial charge < -0.3 is 34.6 Å². The Kier molecular flexibility index (Phi) is 9.79. The zero-order valence-electron chi connectivity index (χ0n) is 30.6. The van der Waals surface area contributed by atoms with Gasteiger partial charge in [0, 0.05) is 31.8 Å². The van der Waals surface area contributed by atoms with Crippen LogP contribution in [0.5, 0.6) is 0 Å². The number of rotatable bonds is 9. The van der Waals surface area contributed by atoms with E-state index >= 15 is 0 Å². The standard InChI is InChI=1S/C39H62N4O7/c1-22-6-9-30-23(2)33-31(43(30)18-22)17-29-27-8-7-24-16-26(10-12-38(24,3)28(27)11-13-39(29,33)4)48-15-5-14-42-19-25(40-41-42)21-49-37-36(47)35(46)34(45)32(20-44)50-37/h7,19,22-23,26-37,44-47H,5-6,8-18,20-21H2,1-4H3/t22-,23+,26-,27?,28?,29?,30?,31?,32?,33?,34-,35-,36?,37+,38-,39-/m0/s1. The molecule has 0 spiro atoms. The van der Waals surface area contributed by atoms with Crippen molar-refractivity contribution in [3.05, 3.63) is 23.5 Å². The molecule has 1 aromatic rings. The summed E-state index contributed by atoms with van der Waals surface area (Å²) >= 11 is 0. The van der Waals surface area contributed by atoms with Crippen LogP contribution in [0.15, 0.2) is 17.8 Å². The third kappa shape index (κ3) is 5.94. The molecule has 4 N–H and O–H groups in total. The summed E-state index contributed by atoms with van der Waals surface area (Å²) in [6.45, 7) is 12.6. The van der Waals surface area contributed by atoms with Gasteiger partial charge in [-0.2, -0.15) is 0 Å². The van der Waals surface area contributed by atoms with E-state index in [1.807, 2.05) is 0 Å². The summed E-state index contributed by atoms with van der Waals surface area (Å²) in [5.74, 6) is 5.12. The molecule has 6 fully saturated rings. The number of fused-ring (bicyclic) bond motifs is 9. The summed E-state index contributed by atoms with van der Waals surface area (Å²) in [6.07, 6.45) is 10.9. The van der Waals surface area contributed by atoms with Crippen molar-refractivity contribution >= 4 is 0 Å². The number of aromatic nitrogens is 3. The Balaban J connectivity index is 0.817. The molecule has 11 nitrogen and oxygen atoms in total. The highest BCUT2D eigenvalue weighted by Crippen LogP contribution is 2.70. The third-order valence-electron chi connectivity index (χ3n) is 15.4. The molecule has 4 aliphatic carbocycles. The lowest BCUT2D eigenvalue weighted by molar-refractivity contribution is -0.304. The lowest BCUT2D eigenvalue weighted by atomic mass is 9.47. The first kappa shape index (κ1) is 35.6. The molecular formula is C39H62N4O7. The maximum Gasteiger partial charge on any atom is 0.187 e. The van der Waals surface area contributed by atoms with Crippen LogP contribution in [0.4, 0.5) is 0 Å². The largest absolute Gasteiger partial charge is 0.394 e. The van der Waals surface area contributed by atoms with Gasteiger partial charge in [-0.05, 0) is 111 Å². The van der Waals surface area contributed by atoms with Crippen LogP contribution in [-0.2, 0) is 27.4 Å². The molecule has 3 aliphatic heterocycles. The molecule has 0 aromatic carbocycles. The highest BCUT2D eigenvalue weighted by molar-refractivity contribution is 5.27. The lowest BCUT2D eigenvalue weighted by Crippen LogP contribution is -2.59. The van der Waals surface area contributed by atoms with Gasteiger partial charge >= 0.3 is 0 Å². The maximum absolute atomic E-state index is 10.2. The SMILES string of the molecule is C[C@H]1CCC2[C@@H](C)C3C(CC4C5CC=C6C[C@@H](OCCCn7cc(CO[C@@H]8OC(CO)[C@H](O)[C@H](O)C8O)nn7)CC[C@]6(C)C5CC[C@@]43C)N2C1. The molecule has 16 atom stereocenters. The van der Waals surface area contributed by atoms with E-state index in [1.54, 1.807) is 16.5 Å². The van der Waals surface area contributed by atoms with Gasteiger partial charge in [0.25, 0.3) is 0 Å². The zero-order valence-corrected chi connectivity index (χ0v) is 30.6. The van der Waals surface area contributed by atoms with Gasteiger partial charge in [-0.15, -0.1) is 5.10 Å². The fourth-order valence-electron chi connectivity index (χ4n) is 12.9. The average Bonchev–Trinajstić information content (AvgIpc) is 3.77. The van der Waals surface area contributed by atoms with E-state index in [9.17, 15) is 20.4 Å². The molecular weight excluding hydrogens is 636 g/mol. The predicted octanol–water partition coefficient (Wildman–Crippen LogP) is 3.68. The Morgan fingerprint density at radius 1 is 0.980 bits per heavy atom. The van der Waals surface area contributed by atoms with E-state index in [2.05, 4.69) is 49.0 Å². The summed E-state index contributed by atoms with van der Waals surface area (Å²) in [7, 11) is 0. The minimum atomic E-state index is -1.47. The molecule has 3 saturated heterocycles. The Morgan fingerprint density at radius 2 is 1.82 bits per heavy atom. The van der Waals surface area contributed by atoms with Crippen molar-refractivity contribution in [1.29, 1.82) is 0 Å². The predicted molar refractivity (Wildman–Crippen MR) is 185 cm³/mol. The van der Waals surface area contributed by atoms with Crippen LogP contribution < -0.4 is 0 Å². The maximum atomic E-state index is 10.2. The van der Waals surface area contributed by atoms with Crippen molar-refractivity contribution in [3.8, 4) is 0 Å². The molecule has 7 aliphatic rings. The monoisotopic (exact) mass is 698 g/mol. The normalized spacial score (nSPS) is 48.7. The summed E-state index contributed by atoms with van der Waals surface area (Å²) in [5.41, 5.74) is 3.07. The molecule has 1 aromatic heterocycles. The van der Waals surface area contributed by atoms with Crippen LogP contribution in [-0.4, -0.2) is 109 Å². The van der Waals surface area contributed by atoms with Gasteiger partial charge in [-0.25, -0.2) is 0 Å². The first-order chi connectivity index (χ1) is 24.0. The van der Waals surface area contributed by atoms with E-state index in [-0.39, 0.29) is 12.7 Å². The summed E-state index contributed by atoms with van der Waals surface area (Å²) in [4.78, 5) is 3.01. The minimum absolute atomic E-state index is 0.00938. The Labute approximate surface area is 297 Å². The second kappa shape index (κ2) is 13.8. The molecule has 50 heavy (non-hydrogen) atoms. The second-order valence-electron chi connectivity index (χ2n) is 18.0. The Bertz CT molecular complexity index is 1390. The van der Waals surface area contributed by atoms with Crippen LogP contribution in [0.1, 0.15) is 97.6 Å². The number of aliphatic hydroxyl groups excluding tert-OH is 4. The fraction of sp³-hybridized carbons (Fsp3) is 0.897. The molecule has 11 heteroatoms. The van der Waals surface area contributed by atoms with Crippen LogP contribution in [0, 0.1) is 46.3 Å². The molecule has 8 unspecified atom stereocenters. The molecule has 280 valence electrons. The quantitative estimate of drug-likeness (QED) is 0.223. The third-order valence-corrected chi connectivity index (χ3v) is 15.4. The number of aliphatic hydroxyl groups is 4. The Morgan fingerprint density at radius 3 is 2.64 bits per heavy atom. The minimum Gasteiger partial charge on any atom is -0.394 e. The molecule has 8 rings (SSSR count). The summed E-state index contributed by atoms with van der Waals surface area (Å²) in [6, 6.07) is 1.66. The van der Waals surface area contributed by atoms with Gasteiger partial charge in [0.1, 0.15) is 30.1 Å². The van der Waals surface area contributed by atoms with E-state index < -0.39 is 37.3 Å². The van der Waals surface area contributed by atoms with Gasteiger partial charge in [0.15, 0.2) is 6.29 Å². The highest BCUT2D eigenvalue weighted by Gasteiger charge is 2.66. The van der Waals surface area contributed by atoms with E-state index in [0.717, 1.165) is 66.9 Å². The van der Waals surface area contributed by atoms with Crippen molar-refractivity contribution in [3.63, 3.8) is 0 Å². The number of allylic oxidation sites excluding steroid dienone is 1. The molecule has 0 radical (unpaired) electrons. The molecule has 3 saturated carbocycles. The number of hydrogen-bond donors (Lipinski definition) is 4. The first-order valence-electron chi connectivity index (χ1n) is 19.9. The number of ether oxygens (including phenoxy) is 3. The second-order valence-corrected chi connectivity index (χ2v) is 18.0. The molecule has 0 amide bonds. The highest BCUT2D eigenvalue weighted by atomic mass is 16.7. The smallest absolute Gasteiger partial charge is 0.187 e. The number of piperidine rings is 1. The van der Waals surface area contributed by atoms with Crippen molar-refractivity contribution in [2.24, 2.45) is 46.3 Å². The topological polar surface area (TPSA) is 143 Å². The van der Waals surface area contributed by atoms with Gasteiger partial charge in [-0.1, -0.05) is 44.6 Å². The van der Waals surface area contributed by atoms with E-state index in [0.29, 0.717) is 29.7 Å². The van der Waals surface area contributed by atoms with E-state index in [4.69, 9.17) is 14.2 Å². The Hall–Kier alpha value is -1.44. The van der Waals surface area contributed by atoms with Gasteiger partial charge in [-0.3, -0.25) is 9.58 Å². The zero-order chi connectivity index (χ0) is 34.9. The van der Waals surface area contributed by atoms with Crippen molar-refractivity contribution in [1.82, 2.24) is 19.9 Å². The van der Waals surface area contributed by atoms with Crippen LogP contribution >= 0.6 is 0 Å². The summed E-state index contributed by atoms with van der Waals surface area (Å²) < 4.78 is 19.3. The van der Waals surface area contributed by atoms with Crippen LogP contribution in [0.3, 0.4) is 0 Å². The molecule has 0 bridgehead atoms. The van der Waals surface area contributed by atoms with Crippen molar-refractivity contribution in [2.75, 3.05) is 19.8 Å². The molecule has 4 heterocycles. The fourth-order valence-corrected chi connectivity index (χ4v) is 12.9. The number of nitrogens with zero attached hydrogens (tertiary/aromatic N) is 4. The number of hydrogen-bond acceptors (Lipinski definition) is 10. The lowest BCUT2D eigenvalue weighted by Gasteiger charge is -2.58. The first-order valence-corrected chi connectivity index (χ1v) is 19.9. The summed E-state index contributed by atoms with van der Waals surface area (Å²) in [5, 5.41) is 47.9. The van der Waals surface area contributed by atoms with Gasteiger partial charge in [0.05, 0.1) is 25.5 Å². The van der Waals surface area contributed by atoms with Crippen LogP contribution in [0.25, 0.3) is 0 Å². The number of aryl methyl sites for hydroxylation is 1. The van der Waals surface area contributed by atoms with Crippen molar-refractivity contribution < 1.29 is 34.6 Å². The van der Waals surface area contributed by atoms with E-state index in [1.165, 1.54) is 51.5 Å². The van der Waals surface area contributed by atoms with Crippen LogP contribution in [0.2, 0.25) is 0 Å².